The second kappa shape index (κ2) is 3.13. The molecule has 0 aromatic heterocycles. The third kappa shape index (κ3) is 1.33. The van der Waals surface area contributed by atoms with Gasteiger partial charge in [-0.1, -0.05) is 29.6 Å². The van der Waals surface area contributed by atoms with Gasteiger partial charge >= 0.3 is 0 Å². The van der Waals surface area contributed by atoms with Crippen LogP contribution in [0, 0.1) is 11.8 Å². The highest BCUT2D eigenvalue weighted by molar-refractivity contribution is 6.34. The molecule has 15 heavy (non-hydrogen) atoms. The van der Waals surface area contributed by atoms with Crippen molar-refractivity contribution in [2.75, 3.05) is 0 Å². The van der Waals surface area contributed by atoms with Crippen molar-refractivity contribution in [2.45, 2.75) is 24.9 Å². The maximum absolute atomic E-state index is 10.5. The minimum absolute atomic E-state index is 0.437. The summed E-state index contributed by atoms with van der Waals surface area (Å²) in [5.74, 6) is 0.874. The van der Waals surface area contributed by atoms with E-state index in [-0.39, 0.29) is 0 Å². The second-order valence-corrected chi connectivity index (χ2v) is 5.50. The highest BCUT2D eigenvalue weighted by Crippen LogP contribution is 2.66. The average molecular weight is 243 g/mol. The molecule has 0 aliphatic heterocycles. The van der Waals surface area contributed by atoms with Crippen LogP contribution in [0.4, 0.5) is 0 Å². The molecule has 0 amide bonds. The molecule has 0 spiro atoms. The number of aliphatic hydroxyl groups is 1. The van der Waals surface area contributed by atoms with Crippen LogP contribution in [0.5, 0.6) is 0 Å². The van der Waals surface area contributed by atoms with Crippen LogP contribution in [0.3, 0.4) is 0 Å². The van der Waals surface area contributed by atoms with Gasteiger partial charge in [0.05, 0.1) is 5.60 Å². The van der Waals surface area contributed by atoms with E-state index in [4.69, 9.17) is 23.2 Å². The lowest BCUT2D eigenvalue weighted by Crippen LogP contribution is -2.12. The highest BCUT2D eigenvalue weighted by Gasteiger charge is 2.66. The molecule has 1 aromatic carbocycles. The number of hydrogen-bond donors (Lipinski definition) is 1. The predicted molar refractivity (Wildman–Crippen MR) is 61.2 cm³/mol. The van der Waals surface area contributed by atoms with Crippen molar-refractivity contribution in [3.8, 4) is 0 Å². The molecule has 80 valence electrons. The fourth-order valence-corrected chi connectivity index (χ4v) is 3.66. The van der Waals surface area contributed by atoms with Crippen LogP contribution < -0.4 is 0 Å². The first kappa shape index (κ1) is 9.95. The summed E-state index contributed by atoms with van der Waals surface area (Å²) in [6.45, 7) is 0. The first-order chi connectivity index (χ1) is 7.12. The minimum atomic E-state index is -0.632. The van der Waals surface area contributed by atoms with Gasteiger partial charge in [-0.05, 0) is 48.4 Å². The standard InChI is InChI=1S/C12H12Cl2O/c13-8-4-7(5-9(14)6-8)12(15)10-2-1-3-11(10)12/h4-6,10-11,15H,1-3H2. The molecule has 1 nitrogen and oxygen atoms in total. The Balaban J connectivity index is 2.00. The van der Waals surface area contributed by atoms with Gasteiger partial charge in [0.2, 0.25) is 0 Å². The molecule has 1 N–H and O–H groups in total. The Bertz CT molecular complexity index is 386. The van der Waals surface area contributed by atoms with Gasteiger partial charge in [0.25, 0.3) is 0 Å². The zero-order valence-electron chi connectivity index (χ0n) is 8.21. The third-order valence-corrected chi connectivity index (χ3v) is 4.30. The number of halogens is 2. The Kier molecular flexibility index (Phi) is 2.08. The normalized spacial score (nSPS) is 37.8. The SMILES string of the molecule is OC1(c2cc(Cl)cc(Cl)c2)C2CCCC21. The van der Waals surface area contributed by atoms with Gasteiger partial charge in [0.15, 0.2) is 0 Å². The van der Waals surface area contributed by atoms with Crippen molar-refractivity contribution in [3.63, 3.8) is 0 Å². The second-order valence-electron chi connectivity index (χ2n) is 4.63. The zero-order valence-corrected chi connectivity index (χ0v) is 9.72. The summed E-state index contributed by atoms with van der Waals surface area (Å²) in [4.78, 5) is 0. The molecular weight excluding hydrogens is 231 g/mol. The largest absolute Gasteiger partial charge is 0.385 e. The lowest BCUT2D eigenvalue weighted by molar-refractivity contribution is 0.105. The Morgan fingerprint density at radius 1 is 1.07 bits per heavy atom. The van der Waals surface area contributed by atoms with E-state index < -0.39 is 5.60 Å². The van der Waals surface area contributed by atoms with Gasteiger partial charge in [-0.3, -0.25) is 0 Å². The Hall–Kier alpha value is -0.240. The maximum Gasteiger partial charge on any atom is 0.0961 e. The number of fused-ring (bicyclic) bond motifs is 1. The molecule has 2 aliphatic rings. The molecule has 0 bridgehead atoms. The van der Waals surface area contributed by atoms with Gasteiger partial charge < -0.3 is 5.11 Å². The fourth-order valence-electron chi connectivity index (χ4n) is 3.13. The number of hydrogen-bond acceptors (Lipinski definition) is 1. The summed E-state index contributed by atoms with van der Waals surface area (Å²) in [5.41, 5.74) is 0.266. The molecule has 1 aromatic rings. The molecule has 2 fully saturated rings. The number of rotatable bonds is 1. The van der Waals surface area contributed by atoms with Gasteiger partial charge in [0.1, 0.15) is 0 Å². The monoisotopic (exact) mass is 242 g/mol. The van der Waals surface area contributed by atoms with E-state index in [9.17, 15) is 5.11 Å². The molecule has 2 aliphatic carbocycles. The van der Waals surface area contributed by atoms with Crippen LogP contribution in [0.2, 0.25) is 10.0 Å². The van der Waals surface area contributed by atoms with Crippen molar-refractivity contribution in [1.29, 1.82) is 0 Å². The van der Waals surface area contributed by atoms with Crippen molar-refractivity contribution < 1.29 is 5.11 Å². The van der Waals surface area contributed by atoms with Crippen LogP contribution in [0.1, 0.15) is 24.8 Å². The molecule has 2 atom stereocenters. The molecule has 0 saturated heterocycles. The molecular formula is C12H12Cl2O. The molecule has 3 heteroatoms. The van der Waals surface area contributed by atoms with E-state index >= 15 is 0 Å². The summed E-state index contributed by atoms with van der Waals surface area (Å²) in [7, 11) is 0. The van der Waals surface area contributed by atoms with Crippen molar-refractivity contribution in [2.24, 2.45) is 11.8 Å². The quantitative estimate of drug-likeness (QED) is 0.798. The predicted octanol–water partition coefficient (Wildman–Crippen LogP) is 3.61. The Morgan fingerprint density at radius 2 is 1.60 bits per heavy atom. The van der Waals surface area contributed by atoms with E-state index in [1.165, 1.54) is 6.42 Å². The van der Waals surface area contributed by atoms with Gasteiger partial charge in [0, 0.05) is 10.0 Å². The summed E-state index contributed by atoms with van der Waals surface area (Å²) in [6.07, 6.45) is 3.50. The van der Waals surface area contributed by atoms with Gasteiger partial charge in [-0.25, -0.2) is 0 Å². The van der Waals surface area contributed by atoms with E-state index in [0.717, 1.165) is 18.4 Å². The van der Waals surface area contributed by atoms with Crippen molar-refractivity contribution >= 4 is 23.2 Å². The molecule has 0 heterocycles. The topological polar surface area (TPSA) is 20.2 Å². The van der Waals surface area contributed by atoms with Crippen LogP contribution in [-0.4, -0.2) is 5.11 Å². The first-order valence-corrected chi connectivity index (χ1v) is 6.07. The first-order valence-electron chi connectivity index (χ1n) is 5.31. The lowest BCUT2D eigenvalue weighted by atomic mass is 9.99. The van der Waals surface area contributed by atoms with E-state index in [0.29, 0.717) is 21.9 Å². The van der Waals surface area contributed by atoms with E-state index in [1.807, 2.05) is 12.1 Å². The van der Waals surface area contributed by atoms with Gasteiger partial charge in [-0.2, -0.15) is 0 Å². The average Bonchev–Trinajstić information content (AvgIpc) is 2.61. The smallest absolute Gasteiger partial charge is 0.0961 e. The third-order valence-electron chi connectivity index (χ3n) is 3.86. The van der Waals surface area contributed by atoms with E-state index in [2.05, 4.69) is 0 Å². The van der Waals surface area contributed by atoms with E-state index in [1.54, 1.807) is 6.07 Å². The molecule has 2 saturated carbocycles. The van der Waals surface area contributed by atoms with Crippen LogP contribution in [0.15, 0.2) is 18.2 Å². The Morgan fingerprint density at radius 3 is 2.13 bits per heavy atom. The molecule has 2 unspecified atom stereocenters. The summed E-state index contributed by atoms with van der Waals surface area (Å²) >= 11 is 11.9. The minimum Gasteiger partial charge on any atom is -0.385 e. The Labute approximate surface area is 99.0 Å². The highest BCUT2D eigenvalue weighted by atomic mass is 35.5. The van der Waals surface area contributed by atoms with Crippen LogP contribution in [-0.2, 0) is 5.60 Å². The maximum atomic E-state index is 10.5. The number of benzene rings is 1. The lowest BCUT2D eigenvalue weighted by Gasteiger charge is -2.15. The zero-order chi connectivity index (χ0) is 10.6. The molecule has 0 radical (unpaired) electrons. The fraction of sp³-hybridized carbons (Fsp3) is 0.500. The van der Waals surface area contributed by atoms with Crippen molar-refractivity contribution in [1.82, 2.24) is 0 Å². The summed E-state index contributed by atoms with van der Waals surface area (Å²) < 4.78 is 0. The summed E-state index contributed by atoms with van der Waals surface area (Å²) in [6, 6.07) is 5.38. The van der Waals surface area contributed by atoms with Crippen LogP contribution >= 0.6 is 23.2 Å². The molecule has 3 rings (SSSR count). The van der Waals surface area contributed by atoms with Gasteiger partial charge in [-0.15, -0.1) is 0 Å². The van der Waals surface area contributed by atoms with Crippen LogP contribution in [0.25, 0.3) is 0 Å². The summed E-state index contributed by atoms with van der Waals surface area (Å²) in [5, 5.41) is 11.7. The van der Waals surface area contributed by atoms with Crippen molar-refractivity contribution in [3.05, 3.63) is 33.8 Å².